The van der Waals surface area contributed by atoms with E-state index in [9.17, 15) is 14.4 Å². The maximum atomic E-state index is 12.7. The zero-order chi connectivity index (χ0) is 18.7. The summed E-state index contributed by atoms with van der Waals surface area (Å²) in [4.78, 5) is 38.1. The van der Waals surface area contributed by atoms with Crippen LogP contribution in [0.25, 0.3) is 0 Å². The second-order valence-corrected chi connectivity index (χ2v) is 6.46. The number of likely N-dealkylation sites (tertiary alicyclic amines) is 1. The van der Waals surface area contributed by atoms with Gasteiger partial charge in [-0.15, -0.1) is 0 Å². The highest BCUT2D eigenvalue weighted by Crippen LogP contribution is 2.21. The van der Waals surface area contributed by atoms with Crippen molar-refractivity contribution in [3.63, 3.8) is 0 Å². The molecule has 3 N–H and O–H groups in total. The second kappa shape index (κ2) is 7.39. The van der Waals surface area contributed by atoms with Crippen LogP contribution < -0.4 is 11.1 Å². The molecule has 1 aliphatic heterocycles. The summed E-state index contributed by atoms with van der Waals surface area (Å²) in [5.74, 6) is -0.983. The number of carbonyl (C=O) groups excluding carboxylic acids is 3. The number of hydrogen-bond donors (Lipinski definition) is 2. The minimum Gasteiger partial charge on any atom is -0.368 e. The first-order valence-corrected chi connectivity index (χ1v) is 8.54. The molecule has 134 valence electrons. The van der Waals surface area contributed by atoms with Crippen molar-refractivity contribution in [1.29, 1.82) is 0 Å². The van der Waals surface area contributed by atoms with Crippen molar-refractivity contribution in [2.75, 3.05) is 11.9 Å². The molecular weight excluding hydrogens is 330 g/mol. The minimum absolute atomic E-state index is 0.245. The normalized spacial score (nSPS) is 16.3. The molecule has 0 radical (unpaired) electrons. The molecule has 3 rings (SSSR count). The molecule has 0 bridgehead atoms. The van der Waals surface area contributed by atoms with Gasteiger partial charge < -0.3 is 16.0 Å². The van der Waals surface area contributed by atoms with E-state index in [1.54, 1.807) is 36.4 Å². The molecule has 26 heavy (non-hydrogen) atoms. The van der Waals surface area contributed by atoms with Gasteiger partial charge in [-0.1, -0.05) is 23.8 Å². The molecule has 0 aliphatic carbocycles. The van der Waals surface area contributed by atoms with E-state index in [0.717, 1.165) is 12.0 Å². The number of amides is 3. The summed E-state index contributed by atoms with van der Waals surface area (Å²) >= 11 is 0. The fourth-order valence-electron chi connectivity index (χ4n) is 3.11. The van der Waals surface area contributed by atoms with Crippen LogP contribution in [0, 0.1) is 6.92 Å². The largest absolute Gasteiger partial charge is 0.368 e. The molecule has 2 aromatic rings. The Kier molecular flexibility index (Phi) is 5.02. The lowest BCUT2D eigenvalue weighted by molar-refractivity contribution is -0.121. The van der Waals surface area contributed by atoms with Gasteiger partial charge in [0, 0.05) is 23.4 Å². The highest BCUT2D eigenvalue weighted by atomic mass is 16.2. The number of primary amides is 1. The number of hydrogen-bond acceptors (Lipinski definition) is 3. The summed E-state index contributed by atoms with van der Waals surface area (Å²) in [6.07, 6.45) is 1.34. The summed E-state index contributed by atoms with van der Waals surface area (Å²) in [6.45, 7) is 2.46. The van der Waals surface area contributed by atoms with Gasteiger partial charge in [0.15, 0.2) is 0 Å². The van der Waals surface area contributed by atoms with E-state index in [1.807, 2.05) is 19.1 Å². The maximum Gasteiger partial charge on any atom is 0.255 e. The fraction of sp³-hybridized carbons (Fsp3) is 0.250. The topological polar surface area (TPSA) is 92.5 Å². The molecule has 6 heteroatoms. The van der Waals surface area contributed by atoms with Crippen LogP contribution in [0.3, 0.4) is 0 Å². The van der Waals surface area contributed by atoms with Crippen LogP contribution in [0.1, 0.15) is 39.1 Å². The number of benzene rings is 2. The van der Waals surface area contributed by atoms with Crippen molar-refractivity contribution in [3.05, 3.63) is 65.2 Å². The third-order valence-electron chi connectivity index (χ3n) is 4.52. The number of aryl methyl sites for hydroxylation is 1. The van der Waals surface area contributed by atoms with Crippen molar-refractivity contribution in [2.24, 2.45) is 5.73 Å². The van der Waals surface area contributed by atoms with Crippen LogP contribution in [0.15, 0.2) is 48.5 Å². The average molecular weight is 351 g/mol. The van der Waals surface area contributed by atoms with Gasteiger partial charge in [-0.3, -0.25) is 14.4 Å². The summed E-state index contributed by atoms with van der Waals surface area (Å²) < 4.78 is 0. The Morgan fingerprint density at radius 3 is 2.50 bits per heavy atom. The van der Waals surface area contributed by atoms with Crippen LogP contribution in [-0.4, -0.2) is 35.2 Å². The first-order valence-electron chi connectivity index (χ1n) is 8.54. The molecule has 0 spiro atoms. The molecule has 1 saturated heterocycles. The number of anilines is 1. The molecule has 3 amide bonds. The third-order valence-corrected chi connectivity index (χ3v) is 4.52. The number of nitrogens with two attached hydrogens (primary N) is 1. The summed E-state index contributed by atoms with van der Waals surface area (Å²) in [6, 6.07) is 13.4. The minimum atomic E-state index is -0.562. The van der Waals surface area contributed by atoms with Crippen LogP contribution >= 0.6 is 0 Å². The maximum absolute atomic E-state index is 12.7. The van der Waals surface area contributed by atoms with E-state index in [2.05, 4.69) is 5.32 Å². The summed E-state index contributed by atoms with van der Waals surface area (Å²) in [7, 11) is 0. The van der Waals surface area contributed by atoms with Crippen molar-refractivity contribution in [2.45, 2.75) is 25.8 Å². The Labute approximate surface area is 152 Å². The molecule has 1 aliphatic rings. The van der Waals surface area contributed by atoms with E-state index in [1.165, 1.54) is 4.90 Å². The van der Waals surface area contributed by atoms with E-state index >= 15 is 0 Å². The first-order chi connectivity index (χ1) is 12.5. The molecular formula is C20H21N3O3. The molecule has 0 saturated carbocycles. The van der Waals surface area contributed by atoms with Crippen molar-refractivity contribution >= 4 is 23.4 Å². The first kappa shape index (κ1) is 17.7. The standard InChI is InChI=1S/C20H21N3O3/c1-13-7-9-14(10-8-13)19(25)22-16-5-2-4-15(12-16)20(26)23-11-3-6-17(23)18(21)24/h2,4-5,7-10,12,17H,3,6,11H2,1H3,(H2,21,24)(H,22,25)/t17-/m0/s1. The Morgan fingerprint density at radius 1 is 1.08 bits per heavy atom. The van der Waals surface area contributed by atoms with E-state index < -0.39 is 11.9 Å². The molecule has 0 unspecified atom stereocenters. The Morgan fingerprint density at radius 2 is 1.81 bits per heavy atom. The Balaban J connectivity index is 1.75. The van der Waals surface area contributed by atoms with E-state index in [-0.39, 0.29) is 11.8 Å². The monoisotopic (exact) mass is 351 g/mol. The van der Waals surface area contributed by atoms with Gasteiger partial charge in [-0.25, -0.2) is 0 Å². The Bertz CT molecular complexity index is 846. The van der Waals surface area contributed by atoms with E-state index in [0.29, 0.717) is 29.8 Å². The number of nitrogens with zero attached hydrogens (tertiary/aromatic N) is 1. The number of rotatable bonds is 4. The lowest BCUT2D eigenvalue weighted by atomic mass is 10.1. The van der Waals surface area contributed by atoms with Gasteiger partial charge in [-0.05, 0) is 50.1 Å². The highest BCUT2D eigenvalue weighted by molar-refractivity contribution is 6.05. The van der Waals surface area contributed by atoms with Crippen LogP contribution in [0.4, 0.5) is 5.69 Å². The fourth-order valence-corrected chi connectivity index (χ4v) is 3.11. The van der Waals surface area contributed by atoms with Crippen molar-refractivity contribution in [1.82, 2.24) is 4.90 Å². The van der Waals surface area contributed by atoms with Gasteiger partial charge in [0.25, 0.3) is 11.8 Å². The Hall–Kier alpha value is -3.15. The van der Waals surface area contributed by atoms with Gasteiger partial charge in [-0.2, -0.15) is 0 Å². The molecule has 6 nitrogen and oxygen atoms in total. The molecule has 1 atom stereocenters. The predicted octanol–water partition coefficient (Wildman–Crippen LogP) is 2.34. The van der Waals surface area contributed by atoms with E-state index in [4.69, 9.17) is 5.73 Å². The number of carbonyl (C=O) groups is 3. The second-order valence-electron chi connectivity index (χ2n) is 6.46. The van der Waals surface area contributed by atoms with Gasteiger partial charge in [0.05, 0.1) is 0 Å². The SMILES string of the molecule is Cc1ccc(C(=O)Nc2cccc(C(=O)N3CCC[C@H]3C(N)=O)c2)cc1. The van der Waals surface area contributed by atoms with Crippen LogP contribution in [0.2, 0.25) is 0 Å². The molecule has 0 aromatic heterocycles. The summed E-state index contributed by atoms with van der Waals surface area (Å²) in [5.41, 5.74) is 7.94. The molecule has 1 heterocycles. The van der Waals surface area contributed by atoms with Crippen molar-refractivity contribution in [3.8, 4) is 0 Å². The summed E-state index contributed by atoms with van der Waals surface area (Å²) in [5, 5.41) is 2.80. The lowest BCUT2D eigenvalue weighted by Gasteiger charge is -2.22. The molecule has 1 fully saturated rings. The quantitative estimate of drug-likeness (QED) is 0.885. The third kappa shape index (κ3) is 3.74. The average Bonchev–Trinajstić information content (AvgIpc) is 3.12. The van der Waals surface area contributed by atoms with Crippen LogP contribution in [0.5, 0.6) is 0 Å². The highest BCUT2D eigenvalue weighted by Gasteiger charge is 2.33. The van der Waals surface area contributed by atoms with Crippen molar-refractivity contribution < 1.29 is 14.4 Å². The van der Waals surface area contributed by atoms with Gasteiger partial charge >= 0.3 is 0 Å². The van der Waals surface area contributed by atoms with Gasteiger partial charge in [0.1, 0.15) is 6.04 Å². The zero-order valence-electron chi connectivity index (χ0n) is 14.6. The zero-order valence-corrected chi connectivity index (χ0v) is 14.6. The lowest BCUT2D eigenvalue weighted by Crippen LogP contribution is -2.43. The van der Waals surface area contributed by atoms with Crippen LogP contribution in [-0.2, 0) is 4.79 Å². The van der Waals surface area contributed by atoms with Gasteiger partial charge in [0.2, 0.25) is 5.91 Å². The predicted molar refractivity (Wildman–Crippen MR) is 98.8 cm³/mol. The number of nitrogens with one attached hydrogen (secondary N) is 1. The molecule has 2 aromatic carbocycles. The smallest absolute Gasteiger partial charge is 0.255 e.